The number of nitrogens with zero attached hydrogens (tertiary/aromatic N) is 1. The summed E-state index contributed by atoms with van der Waals surface area (Å²) < 4.78 is 0. The zero-order chi connectivity index (χ0) is 13.1. The molecule has 1 aromatic rings. The molecule has 1 heterocycles. The van der Waals surface area contributed by atoms with Gasteiger partial charge in [0.15, 0.2) is 0 Å². The van der Waals surface area contributed by atoms with Gasteiger partial charge in [-0.3, -0.25) is 9.59 Å². The van der Waals surface area contributed by atoms with Crippen molar-refractivity contribution in [2.45, 2.75) is 6.42 Å². The maximum absolute atomic E-state index is 12.2. The first kappa shape index (κ1) is 12.2. The van der Waals surface area contributed by atoms with Crippen LogP contribution < -0.4 is 11.1 Å². The number of phenols is 1. The van der Waals surface area contributed by atoms with Crippen molar-refractivity contribution in [1.82, 2.24) is 10.2 Å². The first-order valence-electron chi connectivity index (χ1n) is 5.72. The van der Waals surface area contributed by atoms with Crippen LogP contribution in [0.1, 0.15) is 16.8 Å². The van der Waals surface area contributed by atoms with Crippen LogP contribution in [0.25, 0.3) is 0 Å². The first-order chi connectivity index (χ1) is 8.58. The summed E-state index contributed by atoms with van der Waals surface area (Å²) in [6.45, 7) is 1.30. The molecule has 1 aromatic carbocycles. The highest BCUT2D eigenvalue weighted by Gasteiger charge is 2.20. The smallest absolute Gasteiger partial charge is 0.254 e. The minimum Gasteiger partial charge on any atom is -0.506 e. The predicted octanol–water partition coefficient (Wildman–Crippen LogP) is -0.0635. The molecule has 1 aliphatic rings. The first-order valence-corrected chi connectivity index (χ1v) is 5.72. The Labute approximate surface area is 104 Å². The van der Waals surface area contributed by atoms with Crippen molar-refractivity contribution >= 4 is 17.5 Å². The average Bonchev–Trinajstić information content (AvgIpc) is 2.57. The number of carbonyl (C=O) groups excluding carboxylic acids is 2. The Morgan fingerprint density at radius 2 is 2.17 bits per heavy atom. The highest BCUT2D eigenvalue weighted by molar-refractivity contribution is 5.95. The Kier molecular flexibility index (Phi) is 3.36. The van der Waals surface area contributed by atoms with E-state index in [1.165, 1.54) is 12.1 Å². The van der Waals surface area contributed by atoms with E-state index in [4.69, 9.17) is 5.73 Å². The quantitative estimate of drug-likeness (QED) is 0.480. The lowest BCUT2D eigenvalue weighted by atomic mass is 10.1. The third-order valence-electron chi connectivity index (χ3n) is 2.88. The van der Waals surface area contributed by atoms with Gasteiger partial charge in [0.05, 0.1) is 5.69 Å². The molecule has 0 aromatic heterocycles. The van der Waals surface area contributed by atoms with Gasteiger partial charge in [0, 0.05) is 31.6 Å². The van der Waals surface area contributed by atoms with Crippen molar-refractivity contribution in [1.29, 1.82) is 0 Å². The monoisotopic (exact) mass is 249 g/mol. The summed E-state index contributed by atoms with van der Waals surface area (Å²) >= 11 is 0. The molecular formula is C12H15N3O3. The van der Waals surface area contributed by atoms with E-state index < -0.39 is 0 Å². The molecule has 1 saturated heterocycles. The topological polar surface area (TPSA) is 95.7 Å². The summed E-state index contributed by atoms with van der Waals surface area (Å²) in [5.41, 5.74) is 6.09. The van der Waals surface area contributed by atoms with Gasteiger partial charge in [0.25, 0.3) is 5.91 Å². The highest BCUT2D eigenvalue weighted by atomic mass is 16.3. The molecule has 1 fully saturated rings. The number of benzene rings is 1. The van der Waals surface area contributed by atoms with Gasteiger partial charge in [-0.05, 0) is 18.2 Å². The fraction of sp³-hybridized carbons (Fsp3) is 0.333. The lowest BCUT2D eigenvalue weighted by Gasteiger charge is -2.19. The van der Waals surface area contributed by atoms with E-state index in [0.717, 1.165) is 0 Å². The van der Waals surface area contributed by atoms with Crippen molar-refractivity contribution in [3.8, 4) is 5.75 Å². The molecule has 6 nitrogen and oxygen atoms in total. The average molecular weight is 249 g/mol. The normalized spacial score (nSPS) is 16.0. The van der Waals surface area contributed by atoms with Gasteiger partial charge >= 0.3 is 0 Å². The highest BCUT2D eigenvalue weighted by Crippen LogP contribution is 2.21. The molecule has 0 saturated carbocycles. The van der Waals surface area contributed by atoms with Gasteiger partial charge in [-0.2, -0.15) is 0 Å². The summed E-state index contributed by atoms with van der Waals surface area (Å²) in [6.07, 6.45) is 0.298. The van der Waals surface area contributed by atoms with E-state index in [9.17, 15) is 14.7 Å². The van der Waals surface area contributed by atoms with E-state index in [1.807, 2.05) is 0 Å². The van der Waals surface area contributed by atoms with Crippen LogP contribution in [0.15, 0.2) is 18.2 Å². The molecule has 6 heteroatoms. The van der Waals surface area contributed by atoms with Crippen molar-refractivity contribution in [3.05, 3.63) is 23.8 Å². The number of phenolic OH excluding ortho intramolecular Hbond substituents is 1. The number of hydrogen-bond donors (Lipinski definition) is 3. The SMILES string of the molecule is Nc1ccc(C(=O)N2CCNC(=O)CC2)cc1O. The van der Waals surface area contributed by atoms with Gasteiger partial charge in [0.1, 0.15) is 5.75 Å². The van der Waals surface area contributed by atoms with Crippen molar-refractivity contribution in [2.24, 2.45) is 0 Å². The molecule has 0 radical (unpaired) electrons. The summed E-state index contributed by atoms with van der Waals surface area (Å²) in [7, 11) is 0. The fourth-order valence-electron chi connectivity index (χ4n) is 1.83. The minimum absolute atomic E-state index is 0.0505. The van der Waals surface area contributed by atoms with E-state index in [-0.39, 0.29) is 23.3 Å². The Balaban J connectivity index is 2.14. The van der Waals surface area contributed by atoms with Crippen LogP contribution in [-0.4, -0.2) is 41.5 Å². The Bertz CT molecular complexity index is 487. The molecule has 0 bridgehead atoms. The molecule has 2 rings (SSSR count). The number of aromatic hydroxyl groups is 1. The van der Waals surface area contributed by atoms with E-state index in [0.29, 0.717) is 31.6 Å². The van der Waals surface area contributed by atoms with Crippen LogP contribution in [0.3, 0.4) is 0 Å². The van der Waals surface area contributed by atoms with Gasteiger partial charge in [-0.25, -0.2) is 0 Å². The van der Waals surface area contributed by atoms with Crippen LogP contribution in [0.4, 0.5) is 5.69 Å². The molecular weight excluding hydrogens is 234 g/mol. The predicted molar refractivity (Wildman–Crippen MR) is 66.0 cm³/mol. The molecule has 0 unspecified atom stereocenters. The Morgan fingerprint density at radius 1 is 1.39 bits per heavy atom. The second kappa shape index (κ2) is 4.95. The van der Waals surface area contributed by atoms with E-state index in [1.54, 1.807) is 11.0 Å². The molecule has 0 atom stereocenters. The molecule has 4 N–H and O–H groups in total. The van der Waals surface area contributed by atoms with Gasteiger partial charge in [-0.1, -0.05) is 0 Å². The molecule has 96 valence electrons. The lowest BCUT2D eigenvalue weighted by molar-refractivity contribution is -0.120. The minimum atomic E-state index is -0.207. The third-order valence-corrected chi connectivity index (χ3v) is 2.88. The Morgan fingerprint density at radius 3 is 2.89 bits per heavy atom. The largest absolute Gasteiger partial charge is 0.506 e. The van der Waals surface area contributed by atoms with Gasteiger partial charge < -0.3 is 21.1 Å². The summed E-state index contributed by atoms with van der Waals surface area (Å²) in [6, 6.07) is 4.40. The number of amides is 2. The number of nitrogen functional groups attached to an aromatic ring is 1. The zero-order valence-corrected chi connectivity index (χ0v) is 9.85. The number of hydrogen-bond acceptors (Lipinski definition) is 4. The second-order valence-electron chi connectivity index (χ2n) is 4.17. The number of carbonyl (C=O) groups is 2. The maximum Gasteiger partial charge on any atom is 0.254 e. The Hall–Kier alpha value is -2.24. The maximum atomic E-state index is 12.2. The van der Waals surface area contributed by atoms with E-state index in [2.05, 4.69) is 5.32 Å². The zero-order valence-electron chi connectivity index (χ0n) is 9.85. The van der Waals surface area contributed by atoms with Crippen LogP contribution in [0.5, 0.6) is 5.75 Å². The van der Waals surface area contributed by atoms with Crippen LogP contribution in [-0.2, 0) is 4.79 Å². The number of nitrogens with two attached hydrogens (primary N) is 1. The fourth-order valence-corrected chi connectivity index (χ4v) is 1.83. The number of rotatable bonds is 1. The van der Waals surface area contributed by atoms with Crippen molar-refractivity contribution in [2.75, 3.05) is 25.4 Å². The molecule has 0 spiro atoms. The molecule has 2 amide bonds. The molecule has 1 aliphatic heterocycles. The standard InChI is InChI=1S/C12H15N3O3/c13-9-2-1-8(7-10(9)16)12(18)15-5-3-11(17)14-4-6-15/h1-2,7,16H,3-6,13H2,(H,14,17). The lowest BCUT2D eigenvalue weighted by Crippen LogP contribution is -2.34. The second-order valence-corrected chi connectivity index (χ2v) is 4.17. The third kappa shape index (κ3) is 2.53. The summed E-state index contributed by atoms with van der Waals surface area (Å²) in [5.74, 6) is -0.364. The summed E-state index contributed by atoms with van der Waals surface area (Å²) in [5, 5.41) is 12.2. The van der Waals surface area contributed by atoms with Crippen molar-refractivity contribution in [3.63, 3.8) is 0 Å². The van der Waals surface area contributed by atoms with Crippen molar-refractivity contribution < 1.29 is 14.7 Å². The summed E-state index contributed by atoms with van der Waals surface area (Å²) in [4.78, 5) is 24.9. The van der Waals surface area contributed by atoms with E-state index >= 15 is 0 Å². The van der Waals surface area contributed by atoms with Crippen LogP contribution in [0, 0.1) is 0 Å². The number of nitrogens with one attached hydrogen (secondary N) is 1. The van der Waals surface area contributed by atoms with Crippen LogP contribution in [0.2, 0.25) is 0 Å². The van der Waals surface area contributed by atoms with Gasteiger partial charge in [0.2, 0.25) is 5.91 Å². The molecule has 18 heavy (non-hydrogen) atoms. The number of anilines is 1. The van der Waals surface area contributed by atoms with Crippen LogP contribution >= 0.6 is 0 Å². The van der Waals surface area contributed by atoms with Gasteiger partial charge in [-0.15, -0.1) is 0 Å². The molecule has 0 aliphatic carbocycles.